The summed E-state index contributed by atoms with van der Waals surface area (Å²) in [6, 6.07) is 1.78. The molecule has 0 aromatic carbocycles. The summed E-state index contributed by atoms with van der Waals surface area (Å²) in [5, 5.41) is 0. The largest absolute Gasteiger partial charge is 0.444 e. The van der Waals surface area contributed by atoms with Crippen LogP contribution in [0.2, 0.25) is 0 Å². The van der Waals surface area contributed by atoms with Gasteiger partial charge in [0, 0.05) is 11.4 Å². The highest BCUT2D eigenvalue weighted by molar-refractivity contribution is 7.14. The summed E-state index contributed by atoms with van der Waals surface area (Å²) < 4.78 is 5.35. The molecule has 2 heterocycles. The molecule has 0 spiro atoms. The molecule has 0 saturated carbocycles. The molecule has 2 N–H and O–H groups in total. The first-order valence-corrected chi connectivity index (χ1v) is 6.97. The van der Waals surface area contributed by atoms with E-state index in [4.69, 9.17) is 10.5 Å². The van der Waals surface area contributed by atoms with E-state index in [2.05, 4.69) is 0 Å². The quantitative estimate of drug-likeness (QED) is 0.857. The van der Waals surface area contributed by atoms with Crippen LogP contribution in [0, 0.1) is 0 Å². The Labute approximate surface area is 116 Å². The van der Waals surface area contributed by atoms with Gasteiger partial charge in [-0.1, -0.05) is 0 Å². The maximum Gasteiger partial charge on any atom is 0.410 e. The molecule has 0 aliphatic carbocycles. The molecule has 5 nitrogen and oxygen atoms in total. The predicted molar refractivity (Wildman–Crippen MR) is 73.2 cm³/mol. The van der Waals surface area contributed by atoms with Crippen LogP contribution in [0.25, 0.3) is 0 Å². The molecule has 0 atom stereocenters. The van der Waals surface area contributed by atoms with E-state index in [-0.39, 0.29) is 6.09 Å². The van der Waals surface area contributed by atoms with Crippen molar-refractivity contribution in [2.45, 2.75) is 39.3 Å². The van der Waals surface area contributed by atoms with Crippen molar-refractivity contribution in [1.29, 1.82) is 0 Å². The second-order valence-corrected chi connectivity index (χ2v) is 6.71. The smallest absolute Gasteiger partial charge is 0.410 e. The maximum atomic E-state index is 12.0. The van der Waals surface area contributed by atoms with Gasteiger partial charge in [-0.2, -0.15) is 0 Å². The van der Waals surface area contributed by atoms with Crippen molar-refractivity contribution in [3.63, 3.8) is 0 Å². The van der Waals surface area contributed by atoms with Crippen LogP contribution in [0.5, 0.6) is 0 Å². The third kappa shape index (κ3) is 3.26. The Balaban J connectivity index is 2.09. The van der Waals surface area contributed by atoms with Gasteiger partial charge in [0.25, 0.3) is 5.91 Å². The average molecular weight is 282 g/mol. The fraction of sp³-hybridized carbons (Fsp3) is 0.538. The van der Waals surface area contributed by atoms with Crippen molar-refractivity contribution < 1.29 is 14.3 Å². The molecule has 1 aliphatic rings. The number of rotatable bonds is 1. The van der Waals surface area contributed by atoms with Crippen molar-refractivity contribution in [2.75, 3.05) is 6.54 Å². The molecule has 0 radical (unpaired) electrons. The van der Waals surface area contributed by atoms with Crippen LogP contribution >= 0.6 is 11.3 Å². The molecule has 1 aromatic heterocycles. The topological polar surface area (TPSA) is 72.6 Å². The zero-order valence-electron chi connectivity index (χ0n) is 11.4. The van der Waals surface area contributed by atoms with Crippen LogP contribution < -0.4 is 5.73 Å². The Morgan fingerprint density at radius 2 is 2.11 bits per heavy atom. The first-order valence-electron chi connectivity index (χ1n) is 6.15. The lowest BCUT2D eigenvalue weighted by Crippen LogP contribution is -2.39. The lowest BCUT2D eigenvalue weighted by atomic mass is 10.1. The highest BCUT2D eigenvalue weighted by atomic mass is 32.1. The number of fused-ring (bicyclic) bond motifs is 1. The second kappa shape index (κ2) is 4.85. The standard InChI is InChI=1S/C13H18N2O3S/c1-13(2,3)18-12(17)15-5-4-9-8(7-15)6-10(19-9)11(14)16/h6H,4-5,7H2,1-3H3,(H2,14,16). The van der Waals surface area contributed by atoms with Crippen molar-refractivity contribution in [3.8, 4) is 0 Å². The summed E-state index contributed by atoms with van der Waals surface area (Å²) in [5.41, 5.74) is 5.77. The van der Waals surface area contributed by atoms with Crippen LogP contribution in [0.3, 0.4) is 0 Å². The lowest BCUT2D eigenvalue weighted by molar-refractivity contribution is 0.0225. The van der Waals surface area contributed by atoms with Gasteiger partial charge in [-0.3, -0.25) is 4.79 Å². The van der Waals surface area contributed by atoms with Crippen LogP contribution in [0.15, 0.2) is 6.07 Å². The molecule has 0 saturated heterocycles. The summed E-state index contributed by atoms with van der Waals surface area (Å²) in [6.07, 6.45) is 0.428. The van der Waals surface area contributed by atoms with Gasteiger partial charge in [-0.25, -0.2) is 4.79 Å². The molecule has 2 amide bonds. The number of carbonyl (C=O) groups excluding carboxylic acids is 2. The monoisotopic (exact) mass is 282 g/mol. The van der Waals surface area contributed by atoms with Crippen LogP contribution in [0.4, 0.5) is 4.79 Å². The lowest BCUT2D eigenvalue weighted by Gasteiger charge is -2.29. The first-order chi connectivity index (χ1) is 8.76. The molecule has 0 bridgehead atoms. The molecule has 0 fully saturated rings. The van der Waals surface area contributed by atoms with Gasteiger partial charge >= 0.3 is 6.09 Å². The van der Waals surface area contributed by atoms with Crippen molar-refractivity contribution in [3.05, 3.63) is 21.4 Å². The number of nitrogens with two attached hydrogens (primary N) is 1. The Bertz CT molecular complexity index is 516. The van der Waals surface area contributed by atoms with E-state index in [1.54, 1.807) is 11.0 Å². The van der Waals surface area contributed by atoms with Crippen LogP contribution in [0.1, 0.15) is 40.9 Å². The number of primary amides is 1. The summed E-state index contributed by atoms with van der Waals surface area (Å²) in [7, 11) is 0. The zero-order chi connectivity index (χ0) is 14.2. The van der Waals surface area contributed by atoms with Gasteiger partial charge in [0.05, 0.1) is 11.4 Å². The fourth-order valence-electron chi connectivity index (χ4n) is 1.94. The number of ether oxygens (including phenoxy) is 1. The van der Waals surface area contributed by atoms with Gasteiger partial charge in [0.1, 0.15) is 5.60 Å². The number of amides is 2. The normalized spacial score (nSPS) is 15.0. The van der Waals surface area contributed by atoms with Gasteiger partial charge in [-0.15, -0.1) is 11.3 Å². The Kier molecular flexibility index (Phi) is 3.54. The van der Waals surface area contributed by atoms with Crippen LogP contribution in [-0.4, -0.2) is 29.0 Å². The van der Waals surface area contributed by atoms with Crippen molar-refractivity contribution >= 4 is 23.3 Å². The summed E-state index contributed by atoms with van der Waals surface area (Å²) in [4.78, 5) is 26.5. The number of hydrogen-bond donors (Lipinski definition) is 1. The zero-order valence-corrected chi connectivity index (χ0v) is 12.2. The molecule has 19 heavy (non-hydrogen) atoms. The third-order valence-electron chi connectivity index (χ3n) is 2.76. The number of hydrogen-bond acceptors (Lipinski definition) is 4. The molecule has 1 aromatic rings. The van der Waals surface area contributed by atoms with Crippen LogP contribution in [-0.2, 0) is 17.7 Å². The molecule has 2 rings (SSSR count). The van der Waals surface area contributed by atoms with Crippen molar-refractivity contribution in [1.82, 2.24) is 4.90 Å². The van der Waals surface area contributed by atoms with E-state index in [0.717, 1.165) is 16.9 Å². The summed E-state index contributed by atoms with van der Waals surface area (Å²) >= 11 is 1.42. The van der Waals surface area contributed by atoms with E-state index >= 15 is 0 Å². The Hall–Kier alpha value is -1.56. The summed E-state index contributed by atoms with van der Waals surface area (Å²) in [6.45, 7) is 6.62. The highest BCUT2D eigenvalue weighted by Gasteiger charge is 2.27. The third-order valence-corrected chi connectivity index (χ3v) is 4.01. The van der Waals surface area contributed by atoms with Crippen molar-refractivity contribution in [2.24, 2.45) is 5.73 Å². The molecule has 0 unspecified atom stereocenters. The summed E-state index contributed by atoms with van der Waals surface area (Å²) in [5.74, 6) is -0.414. The molecular formula is C13H18N2O3S. The van der Waals surface area contributed by atoms with Gasteiger partial charge in [0.2, 0.25) is 0 Å². The molecular weight excluding hydrogens is 264 g/mol. The fourth-order valence-corrected chi connectivity index (χ4v) is 2.95. The predicted octanol–water partition coefficient (Wildman–Crippen LogP) is 2.14. The second-order valence-electron chi connectivity index (χ2n) is 5.58. The van der Waals surface area contributed by atoms with E-state index in [1.807, 2.05) is 20.8 Å². The van der Waals surface area contributed by atoms with E-state index < -0.39 is 11.5 Å². The highest BCUT2D eigenvalue weighted by Crippen LogP contribution is 2.28. The number of thiophene rings is 1. The molecule has 6 heteroatoms. The van der Waals surface area contributed by atoms with E-state index in [1.165, 1.54) is 11.3 Å². The minimum absolute atomic E-state index is 0.315. The Morgan fingerprint density at radius 3 is 2.68 bits per heavy atom. The average Bonchev–Trinajstić information content (AvgIpc) is 2.69. The minimum Gasteiger partial charge on any atom is -0.444 e. The van der Waals surface area contributed by atoms with Gasteiger partial charge < -0.3 is 15.4 Å². The van der Waals surface area contributed by atoms with E-state index in [9.17, 15) is 9.59 Å². The van der Waals surface area contributed by atoms with Gasteiger partial charge in [0.15, 0.2) is 0 Å². The molecule has 104 valence electrons. The number of carbonyl (C=O) groups is 2. The van der Waals surface area contributed by atoms with E-state index in [0.29, 0.717) is 18.0 Å². The maximum absolute atomic E-state index is 12.0. The minimum atomic E-state index is -0.496. The molecule has 1 aliphatic heterocycles. The van der Waals surface area contributed by atoms with Gasteiger partial charge in [-0.05, 0) is 38.8 Å². The first kappa shape index (κ1) is 13.9. The number of nitrogens with zero attached hydrogens (tertiary/aromatic N) is 1. The SMILES string of the molecule is CC(C)(C)OC(=O)N1CCc2sc(C(N)=O)cc2C1. The Morgan fingerprint density at radius 1 is 1.42 bits per heavy atom.